The first kappa shape index (κ1) is 9.75. The summed E-state index contributed by atoms with van der Waals surface area (Å²) >= 11 is 1.88. The minimum atomic E-state index is 0.490. The van der Waals surface area contributed by atoms with Crippen molar-refractivity contribution in [3.05, 3.63) is 21.9 Å². The Morgan fingerprint density at radius 2 is 1.92 bits per heavy atom. The number of aryl methyl sites for hydroxylation is 1. The predicted molar refractivity (Wildman–Crippen MR) is 55.7 cm³/mol. The molecule has 1 nitrogen and oxygen atoms in total. The molecular weight excluding hydrogens is 166 g/mol. The van der Waals surface area contributed by atoms with Gasteiger partial charge in [0.05, 0.1) is 0 Å². The maximum atomic E-state index is 3.48. The van der Waals surface area contributed by atoms with Crippen molar-refractivity contribution in [3.63, 3.8) is 0 Å². The summed E-state index contributed by atoms with van der Waals surface area (Å²) in [7, 11) is 0. The standard InChI is InChI=1S/C10H17NS/c1-7(2)11-9(4)10-6-5-8(3)12-10/h5-7,9,11H,1-4H3. The van der Waals surface area contributed by atoms with Gasteiger partial charge in [0.15, 0.2) is 0 Å². The van der Waals surface area contributed by atoms with E-state index in [1.807, 2.05) is 11.3 Å². The molecule has 0 aromatic carbocycles. The average Bonchev–Trinajstić information content (AvgIpc) is 2.34. The molecule has 1 aromatic rings. The monoisotopic (exact) mass is 183 g/mol. The number of rotatable bonds is 3. The lowest BCUT2D eigenvalue weighted by atomic mass is 10.2. The van der Waals surface area contributed by atoms with Gasteiger partial charge >= 0.3 is 0 Å². The van der Waals surface area contributed by atoms with Crippen molar-refractivity contribution in [1.29, 1.82) is 0 Å². The van der Waals surface area contributed by atoms with E-state index in [1.165, 1.54) is 9.75 Å². The van der Waals surface area contributed by atoms with Crippen molar-refractivity contribution in [2.75, 3.05) is 0 Å². The summed E-state index contributed by atoms with van der Waals surface area (Å²) in [4.78, 5) is 2.82. The van der Waals surface area contributed by atoms with Gasteiger partial charge in [0, 0.05) is 21.8 Å². The Bertz CT molecular complexity index is 240. The van der Waals surface area contributed by atoms with Crippen LogP contribution in [0.25, 0.3) is 0 Å². The zero-order chi connectivity index (χ0) is 9.14. The summed E-state index contributed by atoms with van der Waals surface area (Å²) in [5.41, 5.74) is 0. The van der Waals surface area contributed by atoms with Gasteiger partial charge < -0.3 is 5.32 Å². The number of nitrogens with one attached hydrogen (secondary N) is 1. The van der Waals surface area contributed by atoms with Crippen LogP contribution >= 0.6 is 11.3 Å². The van der Waals surface area contributed by atoms with Gasteiger partial charge in [-0.15, -0.1) is 11.3 Å². The fourth-order valence-corrected chi connectivity index (χ4v) is 2.16. The molecule has 0 amide bonds. The first-order chi connectivity index (χ1) is 5.59. The minimum absolute atomic E-state index is 0.490. The summed E-state index contributed by atoms with van der Waals surface area (Å²) in [6.45, 7) is 8.72. The lowest BCUT2D eigenvalue weighted by Crippen LogP contribution is -2.25. The molecule has 68 valence electrons. The van der Waals surface area contributed by atoms with E-state index >= 15 is 0 Å². The van der Waals surface area contributed by atoms with Gasteiger partial charge in [0.25, 0.3) is 0 Å². The van der Waals surface area contributed by atoms with Crippen molar-refractivity contribution >= 4 is 11.3 Å². The third-order valence-electron chi connectivity index (χ3n) is 1.77. The minimum Gasteiger partial charge on any atom is -0.307 e. The second kappa shape index (κ2) is 4.06. The Morgan fingerprint density at radius 1 is 1.25 bits per heavy atom. The third-order valence-corrected chi connectivity index (χ3v) is 2.95. The van der Waals surface area contributed by atoms with Crippen LogP contribution in [-0.4, -0.2) is 6.04 Å². The molecule has 0 radical (unpaired) electrons. The van der Waals surface area contributed by atoms with E-state index < -0.39 is 0 Å². The van der Waals surface area contributed by atoms with Crippen molar-refractivity contribution < 1.29 is 0 Å². The van der Waals surface area contributed by atoms with Crippen LogP contribution in [0.2, 0.25) is 0 Å². The molecule has 0 bridgehead atoms. The Labute approximate surface area is 78.8 Å². The van der Waals surface area contributed by atoms with Crippen molar-refractivity contribution in [2.24, 2.45) is 0 Å². The van der Waals surface area contributed by atoms with Crippen LogP contribution in [0, 0.1) is 6.92 Å². The zero-order valence-corrected chi connectivity index (χ0v) is 9.03. The lowest BCUT2D eigenvalue weighted by molar-refractivity contribution is 0.512. The average molecular weight is 183 g/mol. The molecular formula is C10H17NS. The van der Waals surface area contributed by atoms with E-state index in [1.54, 1.807) is 0 Å². The van der Waals surface area contributed by atoms with Gasteiger partial charge in [0.1, 0.15) is 0 Å². The zero-order valence-electron chi connectivity index (χ0n) is 8.22. The highest BCUT2D eigenvalue weighted by molar-refractivity contribution is 7.12. The van der Waals surface area contributed by atoms with E-state index in [9.17, 15) is 0 Å². The molecule has 0 aliphatic heterocycles. The maximum Gasteiger partial charge on any atom is 0.0388 e. The largest absolute Gasteiger partial charge is 0.307 e. The molecule has 0 spiro atoms. The van der Waals surface area contributed by atoms with Gasteiger partial charge in [-0.05, 0) is 26.0 Å². The fraction of sp³-hybridized carbons (Fsp3) is 0.600. The van der Waals surface area contributed by atoms with Crippen molar-refractivity contribution in [2.45, 2.75) is 39.8 Å². The molecule has 1 heterocycles. The number of hydrogen-bond donors (Lipinski definition) is 1. The van der Waals surface area contributed by atoms with Crippen LogP contribution in [0.15, 0.2) is 12.1 Å². The Morgan fingerprint density at radius 3 is 2.33 bits per heavy atom. The molecule has 0 saturated heterocycles. The van der Waals surface area contributed by atoms with E-state index in [-0.39, 0.29) is 0 Å². The molecule has 0 aliphatic rings. The van der Waals surface area contributed by atoms with Crippen LogP contribution in [0.4, 0.5) is 0 Å². The van der Waals surface area contributed by atoms with Gasteiger partial charge in [-0.25, -0.2) is 0 Å². The summed E-state index contributed by atoms with van der Waals surface area (Å²) < 4.78 is 0. The maximum absolute atomic E-state index is 3.48. The molecule has 0 saturated carbocycles. The van der Waals surface area contributed by atoms with E-state index in [4.69, 9.17) is 0 Å². The van der Waals surface area contributed by atoms with Crippen LogP contribution in [-0.2, 0) is 0 Å². The second-order valence-electron chi connectivity index (χ2n) is 3.49. The molecule has 0 aliphatic carbocycles. The quantitative estimate of drug-likeness (QED) is 0.759. The summed E-state index contributed by atoms with van der Waals surface area (Å²) in [5.74, 6) is 0. The molecule has 1 atom stereocenters. The molecule has 1 aromatic heterocycles. The Hall–Kier alpha value is -0.340. The van der Waals surface area contributed by atoms with Gasteiger partial charge in [0.2, 0.25) is 0 Å². The number of hydrogen-bond acceptors (Lipinski definition) is 2. The molecule has 2 heteroatoms. The highest BCUT2D eigenvalue weighted by Crippen LogP contribution is 2.22. The summed E-state index contributed by atoms with van der Waals surface area (Å²) in [5, 5.41) is 3.48. The summed E-state index contributed by atoms with van der Waals surface area (Å²) in [6.07, 6.45) is 0. The smallest absolute Gasteiger partial charge is 0.0388 e. The van der Waals surface area contributed by atoms with E-state index in [2.05, 4.69) is 45.1 Å². The van der Waals surface area contributed by atoms with E-state index in [0.29, 0.717) is 12.1 Å². The van der Waals surface area contributed by atoms with Gasteiger partial charge in [-0.2, -0.15) is 0 Å². The summed E-state index contributed by atoms with van der Waals surface area (Å²) in [6, 6.07) is 5.43. The lowest BCUT2D eigenvalue weighted by Gasteiger charge is -2.14. The fourth-order valence-electron chi connectivity index (χ4n) is 1.27. The van der Waals surface area contributed by atoms with Crippen molar-refractivity contribution in [3.8, 4) is 0 Å². The van der Waals surface area contributed by atoms with Crippen molar-refractivity contribution in [1.82, 2.24) is 5.32 Å². The molecule has 1 rings (SSSR count). The highest BCUT2D eigenvalue weighted by Gasteiger charge is 2.07. The number of thiophene rings is 1. The highest BCUT2D eigenvalue weighted by atomic mass is 32.1. The van der Waals surface area contributed by atoms with Gasteiger partial charge in [-0.3, -0.25) is 0 Å². The Balaban J connectivity index is 2.58. The van der Waals surface area contributed by atoms with Crippen LogP contribution < -0.4 is 5.32 Å². The second-order valence-corrected chi connectivity index (χ2v) is 4.81. The van der Waals surface area contributed by atoms with Crippen LogP contribution in [0.1, 0.15) is 36.6 Å². The topological polar surface area (TPSA) is 12.0 Å². The van der Waals surface area contributed by atoms with Crippen LogP contribution in [0.3, 0.4) is 0 Å². The normalized spacial score (nSPS) is 13.8. The first-order valence-electron chi connectivity index (χ1n) is 4.42. The molecule has 1 unspecified atom stereocenters. The SMILES string of the molecule is Cc1ccc(C(C)NC(C)C)s1. The van der Waals surface area contributed by atoms with Gasteiger partial charge in [-0.1, -0.05) is 13.8 Å². The molecule has 12 heavy (non-hydrogen) atoms. The molecule has 0 fully saturated rings. The molecule has 1 N–H and O–H groups in total. The Kier molecular flexibility index (Phi) is 3.29. The van der Waals surface area contributed by atoms with Crippen LogP contribution in [0.5, 0.6) is 0 Å². The first-order valence-corrected chi connectivity index (χ1v) is 5.23. The van der Waals surface area contributed by atoms with E-state index in [0.717, 1.165) is 0 Å². The third kappa shape index (κ3) is 2.61. The predicted octanol–water partition coefficient (Wildman–Crippen LogP) is 3.12.